The molecular formula is C13H16. The fourth-order valence-corrected chi connectivity index (χ4v) is 1.35. The second kappa shape index (κ2) is 4.66. The van der Waals surface area contributed by atoms with Crippen LogP contribution in [0.25, 0.3) is 12.2 Å². The summed E-state index contributed by atoms with van der Waals surface area (Å²) in [5.74, 6) is 0. The number of benzene rings is 1. The molecular weight excluding hydrogens is 156 g/mol. The summed E-state index contributed by atoms with van der Waals surface area (Å²) in [6.07, 6.45) is 8.41. The van der Waals surface area contributed by atoms with Gasteiger partial charge in [-0.05, 0) is 31.9 Å². The van der Waals surface area contributed by atoms with Gasteiger partial charge < -0.3 is 0 Å². The Morgan fingerprint density at radius 3 is 2.15 bits per heavy atom. The Labute approximate surface area is 80.6 Å². The summed E-state index contributed by atoms with van der Waals surface area (Å²) in [7, 11) is 0. The molecule has 0 saturated carbocycles. The van der Waals surface area contributed by atoms with Crippen LogP contribution in [-0.2, 0) is 0 Å². The molecule has 0 unspecified atom stereocenters. The lowest BCUT2D eigenvalue weighted by molar-refractivity contribution is 1.44. The zero-order valence-corrected chi connectivity index (χ0v) is 8.54. The van der Waals surface area contributed by atoms with Crippen molar-refractivity contribution in [2.24, 2.45) is 0 Å². The van der Waals surface area contributed by atoms with E-state index >= 15 is 0 Å². The normalized spacial score (nSPS) is 11.6. The number of rotatable bonds is 2. The van der Waals surface area contributed by atoms with E-state index in [9.17, 15) is 0 Å². The smallest absolute Gasteiger partial charge is 0.0185 e. The molecule has 0 aliphatic heterocycles. The average molecular weight is 172 g/mol. The lowest BCUT2D eigenvalue weighted by atomic mass is 10.0. The molecule has 0 spiro atoms. The third-order valence-corrected chi connectivity index (χ3v) is 1.93. The van der Waals surface area contributed by atoms with Crippen LogP contribution in [0.3, 0.4) is 0 Å². The average Bonchev–Trinajstić information content (AvgIpc) is 2.10. The largest absolute Gasteiger partial charge is 0.0870 e. The van der Waals surface area contributed by atoms with Crippen LogP contribution in [0.2, 0.25) is 0 Å². The highest BCUT2D eigenvalue weighted by atomic mass is 14.0. The molecule has 13 heavy (non-hydrogen) atoms. The summed E-state index contributed by atoms with van der Waals surface area (Å²) in [6, 6.07) is 6.50. The standard InChI is InChI=1S/C13H16/c1-4-6-12-9-8-11(3)10-13(12)7-5-2/h4-10H,1-3H3. The van der Waals surface area contributed by atoms with E-state index in [-0.39, 0.29) is 0 Å². The highest BCUT2D eigenvalue weighted by Crippen LogP contribution is 2.15. The number of aryl methyl sites for hydroxylation is 1. The minimum Gasteiger partial charge on any atom is -0.0870 e. The van der Waals surface area contributed by atoms with Gasteiger partial charge >= 0.3 is 0 Å². The van der Waals surface area contributed by atoms with Crippen LogP contribution in [0.4, 0.5) is 0 Å². The maximum Gasteiger partial charge on any atom is -0.0185 e. The maximum absolute atomic E-state index is 2.20. The van der Waals surface area contributed by atoms with Gasteiger partial charge in [-0.15, -0.1) is 0 Å². The molecule has 0 nitrogen and oxygen atoms in total. The third-order valence-electron chi connectivity index (χ3n) is 1.93. The van der Waals surface area contributed by atoms with Gasteiger partial charge in [-0.2, -0.15) is 0 Å². The van der Waals surface area contributed by atoms with Crippen molar-refractivity contribution in [3.8, 4) is 0 Å². The first-order valence-electron chi connectivity index (χ1n) is 4.64. The molecule has 0 bridgehead atoms. The van der Waals surface area contributed by atoms with Crippen LogP contribution in [0, 0.1) is 6.92 Å². The molecule has 0 fully saturated rings. The minimum atomic E-state index is 1.28. The molecule has 0 aliphatic rings. The van der Waals surface area contributed by atoms with Gasteiger partial charge in [0.1, 0.15) is 0 Å². The van der Waals surface area contributed by atoms with Crippen LogP contribution in [0.5, 0.6) is 0 Å². The summed E-state index contributed by atoms with van der Waals surface area (Å²) in [5.41, 5.74) is 3.88. The molecule has 1 rings (SSSR count). The fourth-order valence-electron chi connectivity index (χ4n) is 1.35. The first-order valence-corrected chi connectivity index (χ1v) is 4.64. The van der Waals surface area contributed by atoms with Crippen LogP contribution in [-0.4, -0.2) is 0 Å². The van der Waals surface area contributed by atoms with E-state index in [0.717, 1.165) is 0 Å². The van der Waals surface area contributed by atoms with Crippen molar-refractivity contribution in [2.75, 3.05) is 0 Å². The van der Waals surface area contributed by atoms with Crippen molar-refractivity contribution in [1.29, 1.82) is 0 Å². The third kappa shape index (κ3) is 2.59. The molecule has 0 atom stereocenters. The second-order valence-electron chi connectivity index (χ2n) is 3.13. The maximum atomic E-state index is 2.20. The van der Waals surface area contributed by atoms with E-state index < -0.39 is 0 Å². The van der Waals surface area contributed by atoms with Crippen molar-refractivity contribution in [1.82, 2.24) is 0 Å². The van der Waals surface area contributed by atoms with Gasteiger partial charge in [0.05, 0.1) is 0 Å². The molecule has 1 aromatic carbocycles. The van der Waals surface area contributed by atoms with Crippen LogP contribution in [0.1, 0.15) is 30.5 Å². The molecule has 0 amide bonds. The van der Waals surface area contributed by atoms with E-state index in [4.69, 9.17) is 0 Å². The lowest BCUT2D eigenvalue weighted by Gasteiger charge is -2.02. The summed E-state index contributed by atoms with van der Waals surface area (Å²) in [4.78, 5) is 0. The van der Waals surface area contributed by atoms with E-state index in [2.05, 4.69) is 49.4 Å². The fraction of sp³-hybridized carbons (Fsp3) is 0.231. The van der Waals surface area contributed by atoms with Crippen molar-refractivity contribution in [3.05, 3.63) is 47.0 Å². The van der Waals surface area contributed by atoms with Crippen LogP contribution < -0.4 is 0 Å². The first-order chi connectivity index (χ1) is 6.27. The highest BCUT2D eigenvalue weighted by Gasteiger charge is 1.94. The van der Waals surface area contributed by atoms with Crippen molar-refractivity contribution in [3.63, 3.8) is 0 Å². The Morgan fingerprint density at radius 2 is 1.54 bits per heavy atom. The summed E-state index contributed by atoms with van der Waals surface area (Å²) >= 11 is 0. The van der Waals surface area contributed by atoms with E-state index in [1.54, 1.807) is 0 Å². The Hall–Kier alpha value is -1.30. The zero-order chi connectivity index (χ0) is 9.68. The molecule has 0 aromatic heterocycles. The second-order valence-corrected chi connectivity index (χ2v) is 3.13. The quantitative estimate of drug-likeness (QED) is 0.631. The van der Waals surface area contributed by atoms with Gasteiger partial charge in [0.15, 0.2) is 0 Å². The predicted octanol–water partition coefficient (Wildman–Crippen LogP) is 4.06. The van der Waals surface area contributed by atoms with Gasteiger partial charge in [0, 0.05) is 0 Å². The number of hydrogen-bond donors (Lipinski definition) is 0. The van der Waals surface area contributed by atoms with Crippen LogP contribution in [0.15, 0.2) is 30.4 Å². The minimum absolute atomic E-state index is 1.28. The van der Waals surface area contributed by atoms with Crippen molar-refractivity contribution < 1.29 is 0 Å². The molecule has 0 radical (unpaired) electrons. The Morgan fingerprint density at radius 1 is 0.923 bits per heavy atom. The molecule has 68 valence electrons. The van der Waals surface area contributed by atoms with Gasteiger partial charge in [-0.1, -0.05) is 48.1 Å². The van der Waals surface area contributed by atoms with Gasteiger partial charge in [-0.3, -0.25) is 0 Å². The summed E-state index contributed by atoms with van der Waals surface area (Å²) < 4.78 is 0. The molecule has 0 heteroatoms. The highest BCUT2D eigenvalue weighted by molar-refractivity contribution is 5.65. The van der Waals surface area contributed by atoms with E-state index in [0.29, 0.717) is 0 Å². The molecule has 0 heterocycles. The van der Waals surface area contributed by atoms with E-state index in [1.807, 2.05) is 13.8 Å². The SMILES string of the molecule is CC=Cc1ccc(C)cc1C=CC. The number of allylic oxidation sites excluding steroid dienone is 2. The monoisotopic (exact) mass is 172 g/mol. The molecule has 0 saturated heterocycles. The Kier molecular flexibility index (Phi) is 3.51. The van der Waals surface area contributed by atoms with Gasteiger partial charge in [-0.25, -0.2) is 0 Å². The Balaban J connectivity index is 3.18. The summed E-state index contributed by atoms with van der Waals surface area (Å²) in [5, 5.41) is 0. The van der Waals surface area contributed by atoms with Gasteiger partial charge in [0.2, 0.25) is 0 Å². The van der Waals surface area contributed by atoms with Crippen molar-refractivity contribution in [2.45, 2.75) is 20.8 Å². The Bertz CT molecular complexity index is 330. The van der Waals surface area contributed by atoms with E-state index in [1.165, 1.54) is 16.7 Å². The topological polar surface area (TPSA) is 0 Å². The zero-order valence-electron chi connectivity index (χ0n) is 8.54. The summed E-state index contributed by atoms with van der Waals surface area (Å²) in [6.45, 7) is 6.20. The molecule has 1 aromatic rings. The van der Waals surface area contributed by atoms with Crippen molar-refractivity contribution >= 4 is 12.2 Å². The predicted molar refractivity (Wildman–Crippen MR) is 60.6 cm³/mol. The first kappa shape index (κ1) is 9.79. The van der Waals surface area contributed by atoms with Crippen LogP contribution >= 0.6 is 0 Å². The number of hydrogen-bond acceptors (Lipinski definition) is 0. The van der Waals surface area contributed by atoms with Gasteiger partial charge in [0.25, 0.3) is 0 Å². The lowest BCUT2D eigenvalue weighted by Crippen LogP contribution is -1.82. The molecule has 0 N–H and O–H groups in total. The molecule has 0 aliphatic carbocycles.